The molecule has 0 bridgehead atoms. The van der Waals surface area contributed by atoms with Crippen LogP contribution in [0.1, 0.15) is 30.9 Å². The first-order valence-electron chi connectivity index (χ1n) is 8.35. The second-order valence-corrected chi connectivity index (χ2v) is 6.45. The summed E-state index contributed by atoms with van der Waals surface area (Å²) >= 11 is 0. The predicted molar refractivity (Wildman–Crippen MR) is 90.0 cm³/mol. The largest absolute Gasteiger partial charge is 0.381 e. The minimum Gasteiger partial charge on any atom is -0.381 e. The minimum atomic E-state index is 0.338. The molecular formula is C18H24N4O. The average molecular weight is 312 g/mol. The third kappa shape index (κ3) is 3.65. The molecule has 2 aliphatic rings. The summed E-state index contributed by atoms with van der Waals surface area (Å²) in [6, 6.07) is 9.78. The summed E-state index contributed by atoms with van der Waals surface area (Å²) in [6.45, 7) is 7.46. The molecule has 1 aromatic carbocycles. The molecule has 1 N–H and O–H groups in total. The Bertz CT molecular complexity index is 596. The maximum Gasteiger partial charge on any atom is 0.194 e. The SMILES string of the molecule is CCNC(=NCc1ccc(C#N)cc1)N1CCC2(CCOC2)C1. The van der Waals surface area contributed by atoms with Crippen LogP contribution in [-0.2, 0) is 11.3 Å². The molecule has 2 heterocycles. The molecule has 2 aliphatic heterocycles. The molecule has 1 atom stereocenters. The lowest BCUT2D eigenvalue weighted by Crippen LogP contribution is -2.41. The van der Waals surface area contributed by atoms with E-state index in [1.807, 2.05) is 24.3 Å². The van der Waals surface area contributed by atoms with Crippen LogP contribution in [0.2, 0.25) is 0 Å². The number of rotatable bonds is 3. The number of nitriles is 1. The molecule has 0 saturated carbocycles. The van der Waals surface area contributed by atoms with E-state index >= 15 is 0 Å². The maximum atomic E-state index is 8.86. The number of hydrogen-bond acceptors (Lipinski definition) is 3. The fourth-order valence-corrected chi connectivity index (χ4v) is 3.36. The molecule has 5 nitrogen and oxygen atoms in total. The van der Waals surface area contributed by atoms with E-state index in [1.54, 1.807) is 0 Å². The van der Waals surface area contributed by atoms with E-state index in [9.17, 15) is 0 Å². The van der Waals surface area contributed by atoms with Crippen LogP contribution in [0.4, 0.5) is 0 Å². The average Bonchev–Trinajstić information content (AvgIpc) is 3.22. The van der Waals surface area contributed by atoms with Crippen molar-refractivity contribution in [1.82, 2.24) is 10.2 Å². The summed E-state index contributed by atoms with van der Waals surface area (Å²) in [5.41, 5.74) is 2.15. The van der Waals surface area contributed by atoms with E-state index in [-0.39, 0.29) is 0 Å². The van der Waals surface area contributed by atoms with Gasteiger partial charge in [0.2, 0.25) is 0 Å². The van der Waals surface area contributed by atoms with Crippen molar-refractivity contribution in [1.29, 1.82) is 5.26 Å². The molecule has 5 heteroatoms. The monoisotopic (exact) mass is 312 g/mol. The van der Waals surface area contributed by atoms with Crippen molar-refractivity contribution in [3.05, 3.63) is 35.4 Å². The van der Waals surface area contributed by atoms with Crippen LogP contribution >= 0.6 is 0 Å². The lowest BCUT2D eigenvalue weighted by Gasteiger charge is -2.25. The van der Waals surface area contributed by atoms with Gasteiger partial charge < -0.3 is 15.0 Å². The zero-order chi connectivity index (χ0) is 16.1. The molecule has 2 fully saturated rings. The Morgan fingerprint density at radius 1 is 1.39 bits per heavy atom. The van der Waals surface area contributed by atoms with E-state index in [0.717, 1.165) is 44.4 Å². The van der Waals surface area contributed by atoms with Crippen LogP contribution in [0.15, 0.2) is 29.3 Å². The Labute approximate surface area is 138 Å². The van der Waals surface area contributed by atoms with Crippen LogP contribution < -0.4 is 5.32 Å². The number of hydrogen-bond donors (Lipinski definition) is 1. The van der Waals surface area contributed by atoms with Gasteiger partial charge in [0.15, 0.2) is 5.96 Å². The fraction of sp³-hybridized carbons (Fsp3) is 0.556. The second kappa shape index (κ2) is 7.01. The molecule has 0 aliphatic carbocycles. The first-order chi connectivity index (χ1) is 11.2. The third-order valence-electron chi connectivity index (χ3n) is 4.75. The molecule has 0 aromatic heterocycles. The highest BCUT2D eigenvalue weighted by Crippen LogP contribution is 2.38. The van der Waals surface area contributed by atoms with Crippen molar-refractivity contribution >= 4 is 5.96 Å². The number of ether oxygens (including phenoxy) is 1. The van der Waals surface area contributed by atoms with Gasteiger partial charge in [-0.1, -0.05) is 12.1 Å². The number of aliphatic imine (C=N–C) groups is 1. The standard InChI is InChI=1S/C18H24N4O/c1-2-20-17(21-12-16-5-3-15(11-19)4-6-16)22-9-7-18(13-22)8-10-23-14-18/h3-6H,2,7-10,12-14H2,1H3,(H,20,21). The fourth-order valence-electron chi connectivity index (χ4n) is 3.36. The molecule has 0 amide bonds. The number of benzene rings is 1. The number of nitrogens with one attached hydrogen (secondary N) is 1. The normalized spacial score (nSPS) is 24.2. The lowest BCUT2D eigenvalue weighted by atomic mass is 9.87. The maximum absolute atomic E-state index is 8.86. The van der Waals surface area contributed by atoms with Crippen LogP contribution in [0.5, 0.6) is 0 Å². The summed E-state index contributed by atoms with van der Waals surface area (Å²) in [4.78, 5) is 7.15. The van der Waals surface area contributed by atoms with Gasteiger partial charge >= 0.3 is 0 Å². The van der Waals surface area contributed by atoms with Crippen molar-refractivity contribution < 1.29 is 4.74 Å². The summed E-state index contributed by atoms with van der Waals surface area (Å²) in [7, 11) is 0. The first kappa shape index (κ1) is 15.8. The van der Waals surface area contributed by atoms with Gasteiger partial charge in [-0.2, -0.15) is 5.26 Å². The van der Waals surface area contributed by atoms with Crippen LogP contribution in [0.25, 0.3) is 0 Å². The van der Waals surface area contributed by atoms with E-state index in [0.29, 0.717) is 17.5 Å². The van der Waals surface area contributed by atoms with Gasteiger partial charge in [0.25, 0.3) is 0 Å². The van der Waals surface area contributed by atoms with Crippen LogP contribution in [-0.4, -0.2) is 43.7 Å². The molecular weight excluding hydrogens is 288 g/mol. The second-order valence-electron chi connectivity index (χ2n) is 6.45. The minimum absolute atomic E-state index is 0.338. The van der Waals surface area contributed by atoms with Crippen molar-refractivity contribution in [3.8, 4) is 6.07 Å². The summed E-state index contributed by atoms with van der Waals surface area (Å²) in [5, 5.41) is 12.3. The van der Waals surface area contributed by atoms with Gasteiger partial charge in [-0.05, 0) is 37.5 Å². The van der Waals surface area contributed by atoms with Gasteiger partial charge in [0.1, 0.15) is 0 Å². The van der Waals surface area contributed by atoms with Crippen molar-refractivity contribution in [2.24, 2.45) is 10.4 Å². The predicted octanol–water partition coefficient (Wildman–Crippen LogP) is 2.14. The van der Waals surface area contributed by atoms with Gasteiger partial charge in [0.05, 0.1) is 24.8 Å². The molecule has 122 valence electrons. The molecule has 1 unspecified atom stereocenters. The number of guanidine groups is 1. The first-order valence-corrected chi connectivity index (χ1v) is 8.35. The molecule has 23 heavy (non-hydrogen) atoms. The Morgan fingerprint density at radius 2 is 2.22 bits per heavy atom. The lowest BCUT2D eigenvalue weighted by molar-refractivity contribution is 0.156. The van der Waals surface area contributed by atoms with Gasteiger partial charge in [-0.3, -0.25) is 0 Å². The van der Waals surface area contributed by atoms with E-state index in [2.05, 4.69) is 23.2 Å². The third-order valence-corrected chi connectivity index (χ3v) is 4.75. The van der Waals surface area contributed by atoms with E-state index in [4.69, 9.17) is 15.0 Å². The summed E-state index contributed by atoms with van der Waals surface area (Å²) in [6.07, 6.45) is 2.35. The van der Waals surface area contributed by atoms with Crippen LogP contribution in [0, 0.1) is 16.7 Å². The van der Waals surface area contributed by atoms with Crippen molar-refractivity contribution in [2.75, 3.05) is 32.8 Å². The molecule has 0 radical (unpaired) electrons. The quantitative estimate of drug-likeness (QED) is 0.686. The van der Waals surface area contributed by atoms with E-state index < -0.39 is 0 Å². The van der Waals surface area contributed by atoms with Crippen LogP contribution in [0.3, 0.4) is 0 Å². The summed E-state index contributed by atoms with van der Waals surface area (Å²) in [5.74, 6) is 0.987. The summed E-state index contributed by atoms with van der Waals surface area (Å²) < 4.78 is 5.61. The highest BCUT2D eigenvalue weighted by molar-refractivity contribution is 5.80. The molecule has 3 rings (SSSR count). The Morgan fingerprint density at radius 3 is 2.87 bits per heavy atom. The van der Waals surface area contributed by atoms with Gasteiger partial charge in [0, 0.05) is 31.7 Å². The molecule has 1 spiro atoms. The molecule has 2 saturated heterocycles. The zero-order valence-electron chi connectivity index (χ0n) is 13.7. The molecule has 1 aromatic rings. The highest BCUT2D eigenvalue weighted by atomic mass is 16.5. The van der Waals surface area contributed by atoms with Gasteiger partial charge in [-0.25, -0.2) is 4.99 Å². The number of nitrogens with zero attached hydrogens (tertiary/aromatic N) is 3. The zero-order valence-corrected chi connectivity index (χ0v) is 13.7. The van der Waals surface area contributed by atoms with E-state index in [1.165, 1.54) is 12.8 Å². The van der Waals surface area contributed by atoms with Crippen molar-refractivity contribution in [3.63, 3.8) is 0 Å². The Balaban J connectivity index is 1.67. The Hall–Kier alpha value is -2.06. The van der Waals surface area contributed by atoms with Gasteiger partial charge in [-0.15, -0.1) is 0 Å². The number of likely N-dealkylation sites (tertiary alicyclic amines) is 1. The smallest absolute Gasteiger partial charge is 0.194 e. The highest BCUT2D eigenvalue weighted by Gasteiger charge is 2.42. The van der Waals surface area contributed by atoms with Crippen molar-refractivity contribution in [2.45, 2.75) is 26.3 Å². The Kier molecular flexibility index (Phi) is 4.82. The topological polar surface area (TPSA) is 60.7 Å².